The first-order valence-corrected chi connectivity index (χ1v) is 7.46. The molecule has 134 valence electrons. The lowest BCUT2D eigenvalue weighted by molar-refractivity contribution is -0.137. The average Bonchev–Trinajstić information content (AvgIpc) is 3.01. The Kier molecular flexibility index (Phi) is 4.61. The van der Waals surface area contributed by atoms with Gasteiger partial charge in [0.15, 0.2) is 5.82 Å². The maximum Gasteiger partial charge on any atom is 0.416 e. The van der Waals surface area contributed by atoms with Gasteiger partial charge in [0.25, 0.3) is 5.91 Å². The summed E-state index contributed by atoms with van der Waals surface area (Å²) in [5, 5.41) is 9.26. The molecule has 0 saturated heterocycles. The zero-order valence-corrected chi connectivity index (χ0v) is 13.5. The molecule has 0 radical (unpaired) electrons. The molecule has 0 saturated carbocycles. The SMILES string of the molecule is Cc1cc(Nc2ccc(NC(=O)c3ccc(C(F)(F)F)cc3)cn2)no1. The summed E-state index contributed by atoms with van der Waals surface area (Å²) in [5.74, 6) is 1.10. The van der Waals surface area contributed by atoms with Gasteiger partial charge in [-0.1, -0.05) is 5.16 Å². The minimum atomic E-state index is -4.44. The fourth-order valence-electron chi connectivity index (χ4n) is 2.11. The normalized spacial score (nSPS) is 11.2. The van der Waals surface area contributed by atoms with Crippen LogP contribution in [0.1, 0.15) is 21.7 Å². The number of halogens is 3. The van der Waals surface area contributed by atoms with Crippen molar-refractivity contribution in [2.75, 3.05) is 10.6 Å². The minimum Gasteiger partial charge on any atom is -0.360 e. The number of amides is 1. The first-order chi connectivity index (χ1) is 12.3. The van der Waals surface area contributed by atoms with Gasteiger partial charge < -0.3 is 15.2 Å². The third-order valence-corrected chi connectivity index (χ3v) is 3.38. The molecule has 6 nitrogen and oxygen atoms in total. The zero-order valence-electron chi connectivity index (χ0n) is 13.5. The molecule has 1 amide bonds. The molecule has 2 N–H and O–H groups in total. The average molecular weight is 362 g/mol. The van der Waals surface area contributed by atoms with Gasteiger partial charge in [-0.2, -0.15) is 13.2 Å². The Morgan fingerprint density at radius 2 is 1.81 bits per heavy atom. The summed E-state index contributed by atoms with van der Waals surface area (Å²) in [5.41, 5.74) is -0.302. The van der Waals surface area contributed by atoms with Crippen LogP contribution in [0.15, 0.2) is 53.2 Å². The van der Waals surface area contributed by atoms with E-state index in [0.717, 1.165) is 24.3 Å². The van der Waals surface area contributed by atoms with Crippen LogP contribution in [0.5, 0.6) is 0 Å². The van der Waals surface area contributed by atoms with Gasteiger partial charge in [0.2, 0.25) is 0 Å². The lowest BCUT2D eigenvalue weighted by atomic mass is 10.1. The molecule has 0 aliphatic heterocycles. The number of carbonyl (C=O) groups is 1. The highest BCUT2D eigenvalue weighted by Crippen LogP contribution is 2.29. The molecule has 0 unspecified atom stereocenters. The summed E-state index contributed by atoms with van der Waals surface area (Å²) in [6.07, 6.45) is -3.03. The van der Waals surface area contributed by atoms with E-state index in [-0.39, 0.29) is 5.56 Å². The van der Waals surface area contributed by atoms with E-state index in [0.29, 0.717) is 23.1 Å². The molecule has 26 heavy (non-hydrogen) atoms. The molecule has 0 spiro atoms. The summed E-state index contributed by atoms with van der Waals surface area (Å²) in [6.45, 7) is 1.76. The molecule has 3 rings (SSSR count). The molecule has 0 aliphatic rings. The second kappa shape index (κ2) is 6.87. The maximum absolute atomic E-state index is 12.5. The number of carbonyl (C=O) groups excluding carboxylic acids is 1. The fourth-order valence-corrected chi connectivity index (χ4v) is 2.11. The highest BCUT2D eigenvalue weighted by molar-refractivity contribution is 6.04. The number of alkyl halides is 3. The quantitative estimate of drug-likeness (QED) is 0.719. The summed E-state index contributed by atoms with van der Waals surface area (Å²) in [6, 6.07) is 8.88. The Hall–Kier alpha value is -3.36. The Balaban J connectivity index is 1.64. The van der Waals surface area contributed by atoms with Crippen LogP contribution in [-0.2, 0) is 6.18 Å². The van der Waals surface area contributed by atoms with Crippen LogP contribution in [-0.4, -0.2) is 16.0 Å². The first-order valence-electron chi connectivity index (χ1n) is 7.46. The smallest absolute Gasteiger partial charge is 0.360 e. The topological polar surface area (TPSA) is 80.0 Å². The number of aryl methyl sites for hydroxylation is 1. The van der Waals surface area contributed by atoms with E-state index in [4.69, 9.17) is 4.52 Å². The van der Waals surface area contributed by atoms with Crippen molar-refractivity contribution in [1.82, 2.24) is 10.1 Å². The molecule has 0 fully saturated rings. The predicted molar refractivity (Wildman–Crippen MR) is 88.2 cm³/mol. The Labute approximate surface area is 146 Å². The van der Waals surface area contributed by atoms with Crippen LogP contribution >= 0.6 is 0 Å². The van der Waals surface area contributed by atoms with E-state index in [2.05, 4.69) is 20.8 Å². The minimum absolute atomic E-state index is 0.110. The van der Waals surface area contributed by atoms with Crippen LogP contribution in [0, 0.1) is 6.92 Å². The van der Waals surface area contributed by atoms with Gasteiger partial charge in [0.05, 0.1) is 17.4 Å². The van der Waals surface area contributed by atoms with E-state index >= 15 is 0 Å². The lowest BCUT2D eigenvalue weighted by Gasteiger charge is -2.09. The molecule has 0 atom stereocenters. The van der Waals surface area contributed by atoms with Crippen LogP contribution in [0.3, 0.4) is 0 Å². The number of aromatic nitrogens is 2. The number of pyridine rings is 1. The third kappa shape index (κ3) is 4.18. The largest absolute Gasteiger partial charge is 0.416 e. The number of benzene rings is 1. The van der Waals surface area contributed by atoms with Gasteiger partial charge >= 0.3 is 6.18 Å². The van der Waals surface area contributed by atoms with E-state index in [1.807, 2.05) is 0 Å². The molecule has 0 aliphatic carbocycles. The molecule has 2 heterocycles. The molecule has 9 heteroatoms. The third-order valence-electron chi connectivity index (χ3n) is 3.38. The molecular weight excluding hydrogens is 349 g/mol. The van der Waals surface area contributed by atoms with Crippen molar-refractivity contribution in [2.45, 2.75) is 13.1 Å². The van der Waals surface area contributed by atoms with Crippen molar-refractivity contribution in [3.63, 3.8) is 0 Å². The molecule has 2 aromatic heterocycles. The highest BCUT2D eigenvalue weighted by Gasteiger charge is 2.30. The predicted octanol–water partition coefficient (Wildman–Crippen LogP) is 4.39. The molecular formula is C17H13F3N4O2. The summed E-state index contributed by atoms with van der Waals surface area (Å²) in [7, 11) is 0. The van der Waals surface area contributed by atoms with Crippen molar-refractivity contribution >= 4 is 23.2 Å². The molecule has 1 aromatic carbocycles. The van der Waals surface area contributed by atoms with Crippen molar-refractivity contribution < 1.29 is 22.5 Å². The highest BCUT2D eigenvalue weighted by atomic mass is 19.4. The monoisotopic (exact) mass is 362 g/mol. The van der Waals surface area contributed by atoms with Gasteiger partial charge in [-0.3, -0.25) is 4.79 Å². The number of nitrogens with zero attached hydrogens (tertiary/aromatic N) is 2. The molecule has 3 aromatic rings. The van der Waals surface area contributed by atoms with Gasteiger partial charge in [0.1, 0.15) is 11.6 Å². The first kappa shape index (κ1) is 17.5. The van der Waals surface area contributed by atoms with Crippen LogP contribution in [0.2, 0.25) is 0 Å². The van der Waals surface area contributed by atoms with Gasteiger partial charge in [-0.05, 0) is 43.3 Å². The fraction of sp³-hybridized carbons (Fsp3) is 0.118. The van der Waals surface area contributed by atoms with Crippen molar-refractivity contribution in [1.29, 1.82) is 0 Å². The van der Waals surface area contributed by atoms with Crippen molar-refractivity contribution in [3.8, 4) is 0 Å². The Morgan fingerprint density at radius 1 is 1.08 bits per heavy atom. The Bertz CT molecular complexity index is 903. The van der Waals surface area contributed by atoms with E-state index < -0.39 is 17.6 Å². The lowest BCUT2D eigenvalue weighted by Crippen LogP contribution is -2.13. The Morgan fingerprint density at radius 3 is 2.35 bits per heavy atom. The molecule has 0 bridgehead atoms. The van der Waals surface area contributed by atoms with E-state index in [1.54, 1.807) is 25.1 Å². The number of hydrogen-bond donors (Lipinski definition) is 2. The van der Waals surface area contributed by atoms with Gasteiger partial charge in [0, 0.05) is 11.6 Å². The standard InChI is InChI=1S/C17H13F3N4O2/c1-10-8-15(24-26-10)23-14-7-6-13(9-21-14)22-16(25)11-2-4-12(5-3-11)17(18,19)20/h2-9H,1H3,(H,22,25)(H,21,23,24). The number of hydrogen-bond acceptors (Lipinski definition) is 5. The second-order valence-electron chi connectivity index (χ2n) is 5.41. The number of anilines is 3. The summed E-state index contributed by atoms with van der Waals surface area (Å²) >= 11 is 0. The van der Waals surface area contributed by atoms with Crippen LogP contribution in [0.25, 0.3) is 0 Å². The maximum atomic E-state index is 12.5. The second-order valence-corrected chi connectivity index (χ2v) is 5.41. The van der Waals surface area contributed by atoms with E-state index in [9.17, 15) is 18.0 Å². The van der Waals surface area contributed by atoms with E-state index in [1.165, 1.54) is 6.20 Å². The summed E-state index contributed by atoms with van der Waals surface area (Å²) < 4.78 is 42.5. The zero-order chi connectivity index (χ0) is 18.7. The van der Waals surface area contributed by atoms with Crippen LogP contribution < -0.4 is 10.6 Å². The van der Waals surface area contributed by atoms with Gasteiger partial charge in [-0.15, -0.1) is 0 Å². The van der Waals surface area contributed by atoms with Gasteiger partial charge in [-0.25, -0.2) is 4.98 Å². The van der Waals surface area contributed by atoms with Crippen molar-refractivity contribution in [2.24, 2.45) is 0 Å². The number of rotatable bonds is 4. The summed E-state index contributed by atoms with van der Waals surface area (Å²) in [4.78, 5) is 16.2. The number of nitrogens with one attached hydrogen (secondary N) is 2. The van der Waals surface area contributed by atoms with Crippen molar-refractivity contribution in [3.05, 3.63) is 65.5 Å². The van der Waals surface area contributed by atoms with Crippen LogP contribution in [0.4, 0.5) is 30.5 Å².